The zero-order chi connectivity index (χ0) is 13.7. The Balaban J connectivity index is 3.11. The summed E-state index contributed by atoms with van der Waals surface area (Å²) in [6, 6.07) is 3.31. The van der Waals surface area contributed by atoms with Crippen LogP contribution in [0.15, 0.2) is 18.3 Å². The SMILES string of the molecule is CC(O)c1cccnc1N(CC(N)=O)CC(N)=O. The van der Waals surface area contributed by atoms with Gasteiger partial charge in [-0.2, -0.15) is 0 Å². The minimum atomic E-state index is -0.781. The lowest BCUT2D eigenvalue weighted by atomic mass is 10.1. The molecule has 0 fully saturated rings. The Bertz CT molecular complexity index is 432. The topological polar surface area (TPSA) is 123 Å². The Labute approximate surface area is 104 Å². The molecule has 0 bridgehead atoms. The highest BCUT2D eigenvalue weighted by molar-refractivity contribution is 5.84. The Morgan fingerprint density at radius 1 is 1.39 bits per heavy atom. The number of rotatable bonds is 6. The van der Waals surface area contributed by atoms with Crippen LogP contribution in [0, 0.1) is 0 Å². The summed E-state index contributed by atoms with van der Waals surface area (Å²) in [6.07, 6.45) is 0.716. The molecule has 1 atom stereocenters. The molecule has 0 aliphatic heterocycles. The zero-order valence-electron chi connectivity index (χ0n) is 10.0. The van der Waals surface area contributed by atoms with Crippen LogP contribution in [0.4, 0.5) is 5.82 Å². The van der Waals surface area contributed by atoms with Crippen molar-refractivity contribution in [1.82, 2.24) is 4.98 Å². The summed E-state index contributed by atoms with van der Waals surface area (Å²) >= 11 is 0. The monoisotopic (exact) mass is 252 g/mol. The van der Waals surface area contributed by atoms with Gasteiger partial charge in [0.05, 0.1) is 19.2 Å². The summed E-state index contributed by atoms with van der Waals surface area (Å²) in [5, 5.41) is 9.62. The number of pyridine rings is 1. The number of amides is 2. The standard InChI is InChI=1S/C11H16N4O3/c1-7(16)8-3-2-4-14-11(8)15(5-9(12)17)6-10(13)18/h2-4,7,16H,5-6H2,1H3,(H2,12,17)(H2,13,18). The van der Waals surface area contributed by atoms with Crippen molar-refractivity contribution in [2.75, 3.05) is 18.0 Å². The summed E-state index contributed by atoms with van der Waals surface area (Å²) in [5.74, 6) is -0.901. The van der Waals surface area contributed by atoms with E-state index < -0.39 is 17.9 Å². The second kappa shape index (κ2) is 5.97. The van der Waals surface area contributed by atoms with Crippen molar-refractivity contribution in [3.05, 3.63) is 23.9 Å². The number of anilines is 1. The molecule has 0 aliphatic carbocycles. The van der Waals surface area contributed by atoms with E-state index in [-0.39, 0.29) is 13.1 Å². The van der Waals surface area contributed by atoms with Crippen molar-refractivity contribution in [2.24, 2.45) is 11.5 Å². The van der Waals surface area contributed by atoms with Crippen molar-refractivity contribution < 1.29 is 14.7 Å². The molecule has 0 saturated carbocycles. The minimum Gasteiger partial charge on any atom is -0.389 e. The Hall–Kier alpha value is -2.15. The molecule has 0 radical (unpaired) electrons. The molecule has 0 aliphatic rings. The number of primary amides is 2. The molecule has 0 spiro atoms. The van der Waals surface area contributed by atoms with Gasteiger partial charge in [0, 0.05) is 11.8 Å². The maximum Gasteiger partial charge on any atom is 0.237 e. The number of carbonyl (C=O) groups excluding carboxylic acids is 2. The van der Waals surface area contributed by atoms with Crippen LogP contribution in [0.5, 0.6) is 0 Å². The fourth-order valence-corrected chi connectivity index (χ4v) is 1.58. The smallest absolute Gasteiger partial charge is 0.237 e. The van der Waals surface area contributed by atoms with E-state index in [1.807, 2.05) is 0 Å². The number of carbonyl (C=O) groups is 2. The zero-order valence-corrected chi connectivity index (χ0v) is 10.0. The fraction of sp³-hybridized carbons (Fsp3) is 0.364. The van der Waals surface area contributed by atoms with E-state index in [2.05, 4.69) is 4.98 Å². The first-order chi connectivity index (χ1) is 8.41. The molecule has 0 saturated heterocycles. The first-order valence-electron chi connectivity index (χ1n) is 5.36. The highest BCUT2D eigenvalue weighted by atomic mass is 16.3. The summed E-state index contributed by atoms with van der Waals surface area (Å²) in [6.45, 7) is 1.17. The highest BCUT2D eigenvalue weighted by Crippen LogP contribution is 2.23. The number of hydrogen-bond donors (Lipinski definition) is 3. The second-order valence-electron chi connectivity index (χ2n) is 3.88. The third-order valence-electron chi connectivity index (χ3n) is 2.26. The maximum absolute atomic E-state index is 11.0. The number of aliphatic hydroxyl groups is 1. The molecule has 1 unspecified atom stereocenters. The Morgan fingerprint density at radius 3 is 2.39 bits per heavy atom. The van der Waals surface area contributed by atoms with E-state index in [0.717, 1.165) is 0 Å². The van der Waals surface area contributed by atoms with E-state index >= 15 is 0 Å². The number of nitrogens with two attached hydrogens (primary N) is 2. The number of hydrogen-bond acceptors (Lipinski definition) is 5. The average Bonchev–Trinajstić information content (AvgIpc) is 2.26. The minimum absolute atomic E-state index is 0.195. The van der Waals surface area contributed by atoms with Gasteiger partial charge in [-0.1, -0.05) is 6.07 Å². The lowest BCUT2D eigenvalue weighted by Gasteiger charge is -2.23. The lowest BCUT2D eigenvalue weighted by Crippen LogP contribution is -2.40. The van der Waals surface area contributed by atoms with Gasteiger partial charge < -0.3 is 21.5 Å². The van der Waals surface area contributed by atoms with Crippen molar-refractivity contribution in [3.63, 3.8) is 0 Å². The molecular formula is C11H16N4O3. The summed E-state index contributed by atoms with van der Waals surface area (Å²) in [4.78, 5) is 27.4. The molecule has 7 heteroatoms. The van der Waals surface area contributed by atoms with Crippen molar-refractivity contribution in [3.8, 4) is 0 Å². The van der Waals surface area contributed by atoms with Crippen LogP contribution in [-0.4, -0.2) is 35.0 Å². The maximum atomic E-state index is 11.0. The van der Waals surface area contributed by atoms with Crippen LogP contribution in [-0.2, 0) is 9.59 Å². The summed E-state index contributed by atoms with van der Waals surface area (Å²) < 4.78 is 0. The summed E-state index contributed by atoms with van der Waals surface area (Å²) in [7, 11) is 0. The van der Waals surface area contributed by atoms with E-state index in [4.69, 9.17) is 11.5 Å². The number of nitrogens with zero attached hydrogens (tertiary/aromatic N) is 2. The van der Waals surface area contributed by atoms with Gasteiger partial charge in [-0.15, -0.1) is 0 Å². The molecule has 1 aromatic rings. The van der Waals surface area contributed by atoms with Gasteiger partial charge >= 0.3 is 0 Å². The first-order valence-corrected chi connectivity index (χ1v) is 5.36. The van der Waals surface area contributed by atoms with Crippen LogP contribution in [0.3, 0.4) is 0 Å². The molecule has 2 amide bonds. The van der Waals surface area contributed by atoms with Gasteiger partial charge in [0.2, 0.25) is 11.8 Å². The fourth-order valence-electron chi connectivity index (χ4n) is 1.58. The van der Waals surface area contributed by atoms with Crippen LogP contribution in [0.2, 0.25) is 0 Å². The largest absolute Gasteiger partial charge is 0.389 e. The quantitative estimate of drug-likeness (QED) is 0.593. The van der Waals surface area contributed by atoms with Gasteiger partial charge in [0.1, 0.15) is 5.82 Å². The van der Waals surface area contributed by atoms with Gasteiger partial charge in [-0.25, -0.2) is 4.98 Å². The Kier molecular flexibility index (Phi) is 4.61. The molecule has 7 nitrogen and oxygen atoms in total. The van der Waals surface area contributed by atoms with E-state index in [1.54, 1.807) is 19.1 Å². The predicted molar refractivity (Wildman–Crippen MR) is 65.5 cm³/mol. The molecule has 1 heterocycles. The molecule has 1 rings (SSSR count). The average molecular weight is 252 g/mol. The molecule has 1 aromatic heterocycles. The highest BCUT2D eigenvalue weighted by Gasteiger charge is 2.18. The lowest BCUT2D eigenvalue weighted by molar-refractivity contribution is -0.117. The molecule has 98 valence electrons. The predicted octanol–water partition coefficient (Wildman–Crippen LogP) is -1.09. The Morgan fingerprint density at radius 2 is 1.94 bits per heavy atom. The van der Waals surface area contributed by atoms with Gasteiger partial charge in [0.15, 0.2) is 0 Å². The van der Waals surface area contributed by atoms with Crippen molar-refractivity contribution in [1.29, 1.82) is 0 Å². The van der Waals surface area contributed by atoms with Crippen LogP contribution in [0.1, 0.15) is 18.6 Å². The third kappa shape index (κ3) is 3.70. The van der Waals surface area contributed by atoms with E-state index in [0.29, 0.717) is 11.4 Å². The van der Waals surface area contributed by atoms with Crippen LogP contribution >= 0.6 is 0 Å². The van der Waals surface area contributed by atoms with Crippen molar-refractivity contribution in [2.45, 2.75) is 13.0 Å². The van der Waals surface area contributed by atoms with Gasteiger partial charge in [-0.3, -0.25) is 9.59 Å². The summed E-state index contributed by atoms with van der Waals surface area (Å²) in [5.41, 5.74) is 10.7. The van der Waals surface area contributed by atoms with Gasteiger partial charge in [0.25, 0.3) is 0 Å². The van der Waals surface area contributed by atoms with E-state index in [1.165, 1.54) is 11.1 Å². The number of aliphatic hydroxyl groups excluding tert-OH is 1. The molecule has 5 N–H and O–H groups in total. The third-order valence-corrected chi connectivity index (χ3v) is 2.26. The number of aromatic nitrogens is 1. The van der Waals surface area contributed by atoms with Crippen LogP contribution < -0.4 is 16.4 Å². The first kappa shape index (κ1) is 13.9. The van der Waals surface area contributed by atoms with Crippen molar-refractivity contribution >= 4 is 17.6 Å². The second-order valence-corrected chi connectivity index (χ2v) is 3.88. The van der Waals surface area contributed by atoms with Crippen LogP contribution in [0.25, 0.3) is 0 Å². The normalized spacial score (nSPS) is 11.9. The molecular weight excluding hydrogens is 236 g/mol. The molecule has 0 aromatic carbocycles. The van der Waals surface area contributed by atoms with Gasteiger partial charge in [-0.05, 0) is 13.0 Å². The molecule has 18 heavy (non-hydrogen) atoms. The van der Waals surface area contributed by atoms with E-state index in [9.17, 15) is 14.7 Å².